The van der Waals surface area contributed by atoms with Crippen molar-refractivity contribution < 1.29 is 22.7 Å². The van der Waals surface area contributed by atoms with E-state index in [0.717, 1.165) is 20.5 Å². The fourth-order valence-electron chi connectivity index (χ4n) is 1.63. The molecule has 1 N–H and O–H groups in total. The number of methoxy groups -OCH3 is 1. The minimum absolute atomic E-state index is 0.349. The van der Waals surface area contributed by atoms with E-state index in [-0.39, 0.29) is 5.69 Å². The van der Waals surface area contributed by atoms with Crippen molar-refractivity contribution in [2.45, 2.75) is 26.7 Å². The summed E-state index contributed by atoms with van der Waals surface area (Å²) in [5, 5.41) is 2.62. The van der Waals surface area contributed by atoms with Crippen LogP contribution in [0.5, 0.6) is 0 Å². The molecule has 1 aromatic carbocycles. The average Bonchev–Trinajstić information content (AvgIpc) is 2.41. The van der Waals surface area contributed by atoms with Gasteiger partial charge in [0, 0.05) is 12.1 Å². The Morgan fingerprint density at radius 1 is 1.21 bits per heavy atom. The molecule has 3 nitrogen and oxygen atoms in total. The van der Waals surface area contributed by atoms with E-state index < -0.39 is 34.5 Å². The highest BCUT2D eigenvalue weighted by Crippen LogP contribution is 2.29. The molecule has 6 heteroatoms. The lowest BCUT2D eigenvalue weighted by atomic mass is 10.1. The number of carbonyl (C=O) groups is 1. The van der Waals surface area contributed by atoms with Crippen molar-refractivity contribution in [3.63, 3.8) is 0 Å². The van der Waals surface area contributed by atoms with Gasteiger partial charge in [-0.1, -0.05) is 13.3 Å². The van der Waals surface area contributed by atoms with Gasteiger partial charge in [0.1, 0.15) is 5.56 Å². The Balaban J connectivity index is 3.35. The summed E-state index contributed by atoms with van der Waals surface area (Å²) in [5.74, 6) is -4.87. The molecule has 0 spiro atoms. The normalized spacial score (nSPS) is 10.4. The van der Waals surface area contributed by atoms with Crippen molar-refractivity contribution in [3.8, 4) is 0 Å². The maximum Gasteiger partial charge on any atom is 0.343 e. The average molecular weight is 275 g/mol. The third kappa shape index (κ3) is 3.00. The van der Waals surface area contributed by atoms with Crippen LogP contribution in [0.15, 0.2) is 0 Å². The smallest absolute Gasteiger partial charge is 0.343 e. The Hall–Kier alpha value is -1.72. The van der Waals surface area contributed by atoms with Crippen LogP contribution in [-0.2, 0) is 4.74 Å². The van der Waals surface area contributed by atoms with Crippen LogP contribution in [0, 0.1) is 24.4 Å². The van der Waals surface area contributed by atoms with Gasteiger partial charge < -0.3 is 10.1 Å². The minimum Gasteiger partial charge on any atom is -0.465 e. The standard InChI is InChI=1S/C13H16F3NO2/c1-4-5-6-17-12-8(13(18)19-3)11(16)9(14)7(2)10(12)15/h17H,4-6H2,1-3H3. The van der Waals surface area contributed by atoms with Crippen LogP contribution in [-0.4, -0.2) is 19.6 Å². The highest BCUT2D eigenvalue weighted by Gasteiger charge is 2.27. The van der Waals surface area contributed by atoms with Crippen LogP contribution < -0.4 is 5.32 Å². The topological polar surface area (TPSA) is 38.3 Å². The summed E-state index contributed by atoms with van der Waals surface area (Å²) in [4.78, 5) is 11.5. The molecule has 0 atom stereocenters. The zero-order valence-corrected chi connectivity index (χ0v) is 11.1. The Kier molecular flexibility index (Phi) is 5.20. The van der Waals surface area contributed by atoms with Gasteiger partial charge in [0.15, 0.2) is 17.5 Å². The number of hydrogen-bond acceptors (Lipinski definition) is 3. The van der Waals surface area contributed by atoms with Gasteiger partial charge in [-0.05, 0) is 13.3 Å². The molecular weight excluding hydrogens is 259 g/mol. The zero-order valence-electron chi connectivity index (χ0n) is 11.1. The van der Waals surface area contributed by atoms with Crippen LogP contribution >= 0.6 is 0 Å². The minimum atomic E-state index is -1.40. The first kappa shape index (κ1) is 15.3. The molecule has 0 saturated heterocycles. The molecule has 0 fully saturated rings. The maximum absolute atomic E-state index is 14.0. The molecule has 19 heavy (non-hydrogen) atoms. The summed E-state index contributed by atoms with van der Waals surface area (Å²) in [7, 11) is 1.02. The summed E-state index contributed by atoms with van der Waals surface area (Å²) in [6, 6.07) is 0. The van der Waals surface area contributed by atoms with Crippen LogP contribution in [0.25, 0.3) is 0 Å². The summed E-state index contributed by atoms with van der Waals surface area (Å²) >= 11 is 0. The fourth-order valence-corrected chi connectivity index (χ4v) is 1.63. The summed E-state index contributed by atoms with van der Waals surface area (Å²) < 4.78 is 45.5. The van der Waals surface area contributed by atoms with Crippen molar-refractivity contribution >= 4 is 11.7 Å². The summed E-state index contributed by atoms with van der Waals surface area (Å²) in [6.07, 6.45) is 1.54. The highest BCUT2D eigenvalue weighted by molar-refractivity contribution is 5.96. The fraction of sp³-hybridized carbons (Fsp3) is 0.462. The largest absolute Gasteiger partial charge is 0.465 e. The molecule has 0 saturated carbocycles. The Labute approximate surface area is 109 Å². The van der Waals surface area contributed by atoms with Crippen LogP contribution in [0.3, 0.4) is 0 Å². The number of halogens is 3. The van der Waals surface area contributed by atoms with Gasteiger partial charge in [0.2, 0.25) is 0 Å². The second-order valence-electron chi connectivity index (χ2n) is 4.09. The van der Waals surface area contributed by atoms with E-state index in [1.807, 2.05) is 6.92 Å². The maximum atomic E-state index is 14.0. The van der Waals surface area contributed by atoms with Crippen molar-refractivity contribution in [2.24, 2.45) is 0 Å². The van der Waals surface area contributed by atoms with Crippen molar-refractivity contribution in [3.05, 3.63) is 28.6 Å². The number of benzene rings is 1. The number of ether oxygens (including phenoxy) is 1. The van der Waals surface area contributed by atoms with Crippen LogP contribution in [0.1, 0.15) is 35.7 Å². The first-order valence-corrected chi connectivity index (χ1v) is 5.94. The molecule has 0 radical (unpaired) electrons. The molecule has 0 aromatic heterocycles. The second kappa shape index (κ2) is 6.45. The molecule has 0 unspecified atom stereocenters. The highest BCUT2D eigenvalue weighted by atomic mass is 19.2. The molecule has 1 aromatic rings. The number of nitrogens with one attached hydrogen (secondary N) is 1. The molecule has 0 bridgehead atoms. The second-order valence-corrected chi connectivity index (χ2v) is 4.09. The SMILES string of the molecule is CCCCNc1c(F)c(C)c(F)c(F)c1C(=O)OC. The predicted molar refractivity (Wildman–Crippen MR) is 65.8 cm³/mol. The summed E-state index contributed by atoms with van der Waals surface area (Å²) in [6.45, 7) is 3.39. The monoisotopic (exact) mass is 275 g/mol. The molecule has 0 heterocycles. The van der Waals surface area contributed by atoms with E-state index in [0.29, 0.717) is 13.0 Å². The first-order valence-electron chi connectivity index (χ1n) is 5.94. The molecule has 0 aliphatic carbocycles. The third-order valence-corrected chi connectivity index (χ3v) is 2.76. The lowest BCUT2D eigenvalue weighted by molar-refractivity contribution is 0.0595. The Morgan fingerprint density at radius 2 is 1.84 bits per heavy atom. The van der Waals surface area contributed by atoms with Gasteiger partial charge in [0.05, 0.1) is 12.8 Å². The van der Waals surface area contributed by atoms with E-state index in [1.165, 1.54) is 0 Å². The van der Waals surface area contributed by atoms with Gasteiger partial charge in [-0.25, -0.2) is 18.0 Å². The first-order chi connectivity index (χ1) is 8.95. The van der Waals surface area contributed by atoms with Gasteiger partial charge >= 0.3 is 5.97 Å². The lowest BCUT2D eigenvalue weighted by Gasteiger charge is -2.15. The zero-order chi connectivity index (χ0) is 14.6. The molecule has 106 valence electrons. The van der Waals surface area contributed by atoms with Crippen molar-refractivity contribution in [1.82, 2.24) is 0 Å². The van der Waals surface area contributed by atoms with Gasteiger partial charge in [0.25, 0.3) is 0 Å². The van der Waals surface area contributed by atoms with Gasteiger partial charge in [-0.2, -0.15) is 0 Å². The number of hydrogen-bond donors (Lipinski definition) is 1. The van der Waals surface area contributed by atoms with E-state index in [2.05, 4.69) is 10.1 Å². The van der Waals surface area contributed by atoms with Gasteiger partial charge in [-0.15, -0.1) is 0 Å². The molecular formula is C13H16F3NO2. The van der Waals surface area contributed by atoms with E-state index in [9.17, 15) is 18.0 Å². The van der Waals surface area contributed by atoms with Crippen molar-refractivity contribution in [2.75, 3.05) is 19.0 Å². The third-order valence-electron chi connectivity index (χ3n) is 2.76. The van der Waals surface area contributed by atoms with Crippen molar-refractivity contribution in [1.29, 1.82) is 0 Å². The summed E-state index contributed by atoms with van der Waals surface area (Å²) in [5.41, 5.74) is -1.56. The molecule has 0 aliphatic rings. The predicted octanol–water partition coefficient (Wildman–Crippen LogP) is 3.41. The van der Waals surface area contributed by atoms with Crippen LogP contribution in [0.4, 0.5) is 18.9 Å². The number of anilines is 1. The molecule has 0 amide bonds. The Bertz CT molecular complexity index is 490. The van der Waals surface area contributed by atoms with E-state index in [4.69, 9.17) is 0 Å². The molecule has 0 aliphatic heterocycles. The van der Waals surface area contributed by atoms with Crippen LogP contribution in [0.2, 0.25) is 0 Å². The number of unbranched alkanes of at least 4 members (excludes halogenated alkanes) is 1. The number of esters is 1. The van der Waals surface area contributed by atoms with Gasteiger partial charge in [-0.3, -0.25) is 0 Å². The number of carbonyl (C=O) groups excluding carboxylic acids is 1. The molecule has 1 rings (SSSR count). The lowest BCUT2D eigenvalue weighted by Crippen LogP contribution is -2.16. The van der Waals surface area contributed by atoms with E-state index in [1.54, 1.807) is 0 Å². The quantitative estimate of drug-likeness (QED) is 0.508. The Morgan fingerprint density at radius 3 is 2.37 bits per heavy atom. The number of rotatable bonds is 5. The van der Waals surface area contributed by atoms with E-state index >= 15 is 0 Å².